The largest absolute Gasteiger partial charge is 0.508 e. The van der Waals surface area contributed by atoms with Crippen LogP contribution < -0.4 is 9.64 Å². The monoisotopic (exact) mass is 559 g/mol. The second-order valence-corrected chi connectivity index (χ2v) is 11.4. The molecule has 4 aromatic rings. The first-order valence-electron chi connectivity index (χ1n) is 13.8. The predicted molar refractivity (Wildman–Crippen MR) is 150 cm³/mol. The number of anilines is 1. The van der Waals surface area contributed by atoms with E-state index in [1.54, 1.807) is 0 Å². The Morgan fingerprint density at radius 3 is 2.80 bits per heavy atom. The maximum absolute atomic E-state index is 16.5. The first-order chi connectivity index (χ1) is 19.8. The molecule has 10 heteroatoms. The molecule has 3 saturated heterocycles. The molecule has 3 fully saturated rings. The van der Waals surface area contributed by atoms with Crippen LogP contribution in [0.3, 0.4) is 0 Å². The van der Waals surface area contributed by atoms with Gasteiger partial charge >= 0.3 is 0 Å². The molecule has 3 aliphatic rings. The molecule has 3 atom stereocenters. The minimum absolute atomic E-state index is 0.0519. The van der Waals surface area contributed by atoms with E-state index < -0.39 is 23.3 Å². The highest BCUT2D eigenvalue weighted by Gasteiger charge is 2.49. The number of hydrogen-bond donors (Lipinski definition) is 1. The number of benzene rings is 2. The van der Waals surface area contributed by atoms with Gasteiger partial charge in [0.2, 0.25) is 5.88 Å². The highest BCUT2D eigenvalue weighted by atomic mass is 19.1. The molecule has 3 aliphatic heterocycles. The van der Waals surface area contributed by atoms with Crippen LogP contribution in [0.5, 0.6) is 11.6 Å². The maximum Gasteiger partial charge on any atom is 0.233 e. The summed E-state index contributed by atoms with van der Waals surface area (Å²) in [7, 11) is 0. The van der Waals surface area contributed by atoms with Gasteiger partial charge in [-0.05, 0) is 56.3 Å². The summed E-state index contributed by atoms with van der Waals surface area (Å²) in [5, 5.41) is 11.2. The van der Waals surface area contributed by atoms with Gasteiger partial charge in [-0.1, -0.05) is 12.0 Å². The fraction of sp³-hybridized carbons (Fsp3) is 0.387. The molecule has 1 N–H and O–H groups in total. The summed E-state index contributed by atoms with van der Waals surface area (Å²) in [5.41, 5.74) is -0.223. The third-order valence-electron chi connectivity index (χ3n) is 8.89. The number of nitrogens with zero attached hydrogens (tertiary/aromatic N) is 5. The molecule has 210 valence electrons. The number of hydrogen-bond acceptors (Lipinski definition) is 7. The average molecular weight is 560 g/mol. The third kappa shape index (κ3) is 4.05. The summed E-state index contributed by atoms with van der Waals surface area (Å²) < 4.78 is 51.6. The van der Waals surface area contributed by atoms with E-state index in [4.69, 9.17) is 11.2 Å². The fourth-order valence-electron chi connectivity index (χ4n) is 6.70. The standard InChI is InChI=1S/C31H28F3N5O2/c1-3-21-23(33)6-5-18-11-20(40)12-22(25(18)21)27-26(34)28-29(30(37-27)39-10-7-17(39)2)35-14-24(36-28)41-16-31-8-4-9-38(31)15-19(32)13-31/h1,5-6,11-12,14,17,19,40H,4,7-10,13,15-16H2,2H3/t17-,19+,31-/m0/s1. The van der Waals surface area contributed by atoms with E-state index in [2.05, 4.69) is 25.8 Å². The molecule has 0 spiro atoms. The minimum Gasteiger partial charge on any atom is -0.508 e. The van der Waals surface area contributed by atoms with Crippen molar-refractivity contribution in [3.8, 4) is 35.2 Å². The molecule has 7 rings (SSSR count). The lowest BCUT2D eigenvalue weighted by Crippen LogP contribution is -2.46. The van der Waals surface area contributed by atoms with Gasteiger partial charge in [0.15, 0.2) is 11.6 Å². The summed E-state index contributed by atoms with van der Waals surface area (Å²) >= 11 is 0. The van der Waals surface area contributed by atoms with Crippen LogP contribution >= 0.6 is 0 Å². The number of halogens is 3. The number of fused-ring (bicyclic) bond motifs is 3. The lowest BCUT2D eigenvalue weighted by atomic mass is 9.95. The maximum atomic E-state index is 16.5. The van der Waals surface area contributed by atoms with Crippen molar-refractivity contribution in [1.82, 2.24) is 19.9 Å². The molecule has 0 aliphatic carbocycles. The van der Waals surface area contributed by atoms with Crippen molar-refractivity contribution >= 4 is 27.6 Å². The van der Waals surface area contributed by atoms with E-state index >= 15 is 4.39 Å². The Kier molecular flexibility index (Phi) is 5.98. The van der Waals surface area contributed by atoms with Crippen molar-refractivity contribution in [3.05, 3.63) is 47.7 Å². The van der Waals surface area contributed by atoms with Gasteiger partial charge in [-0.15, -0.1) is 6.42 Å². The van der Waals surface area contributed by atoms with Crippen LogP contribution in [0.25, 0.3) is 33.1 Å². The summed E-state index contributed by atoms with van der Waals surface area (Å²) in [4.78, 5) is 17.9. The van der Waals surface area contributed by atoms with Gasteiger partial charge in [0, 0.05) is 36.5 Å². The number of alkyl halides is 1. The fourth-order valence-corrected chi connectivity index (χ4v) is 6.70. The second kappa shape index (κ2) is 9.48. The van der Waals surface area contributed by atoms with Crippen LogP contribution in [-0.4, -0.2) is 69.0 Å². The SMILES string of the molecule is C#Cc1c(F)ccc2cc(O)cc(-c3nc(N4CC[C@@H]4C)c4ncc(OC[C@@]56CCCN5C[C@H](F)C6)nc4c3F)c12. The smallest absolute Gasteiger partial charge is 0.233 e. The normalized spacial score (nSPS) is 24.0. The lowest BCUT2D eigenvalue weighted by Gasteiger charge is -2.40. The van der Waals surface area contributed by atoms with Gasteiger partial charge in [0.1, 0.15) is 41.1 Å². The number of ether oxygens (including phenoxy) is 1. The number of rotatable bonds is 5. The Hall–Kier alpha value is -4.10. The number of phenols is 1. The Balaban J connectivity index is 1.39. The van der Waals surface area contributed by atoms with E-state index in [9.17, 15) is 13.9 Å². The van der Waals surface area contributed by atoms with E-state index in [1.807, 2.05) is 11.8 Å². The predicted octanol–water partition coefficient (Wildman–Crippen LogP) is 5.36. The molecule has 0 saturated carbocycles. The van der Waals surface area contributed by atoms with Crippen molar-refractivity contribution in [2.45, 2.75) is 50.4 Å². The second-order valence-electron chi connectivity index (χ2n) is 11.4. The molecular formula is C31H28F3N5O2. The summed E-state index contributed by atoms with van der Waals surface area (Å²) in [6.07, 6.45) is 9.34. The van der Waals surface area contributed by atoms with Gasteiger partial charge in [-0.3, -0.25) is 4.90 Å². The first-order valence-corrected chi connectivity index (χ1v) is 13.8. The number of phenolic OH excluding ortho intramolecular Hbond substituents is 1. The number of terminal acetylenes is 1. The Morgan fingerprint density at radius 2 is 2.05 bits per heavy atom. The van der Waals surface area contributed by atoms with Crippen LogP contribution in [0.15, 0.2) is 30.5 Å². The van der Waals surface area contributed by atoms with E-state index in [1.165, 1.54) is 30.5 Å². The molecule has 0 radical (unpaired) electrons. The molecule has 7 nitrogen and oxygen atoms in total. The Morgan fingerprint density at radius 1 is 1.20 bits per heavy atom. The number of aromatic hydroxyl groups is 1. The van der Waals surface area contributed by atoms with Gasteiger partial charge in [-0.25, -0.2) is 28.1 Å². The topological polar surface area (TPSA) is 74.6 Å². The zero-order valence-electron chi connectivity index (χ0n) is 22.5. The average Bonchev–Trinajstić information content (AvgIpc) is 3.48. The summed E-state index contributed by atoms with van der Waals surface area (Å²) in [6, 6.07) is 5.62. The number of aromatic nitrogens is 3. The van der Waals surface area contributed by atoms with Crippen LogP contribution in [0, 0.1) is 24.0 Å². The quantitative estimate of drug-likeness (QED) is 0.330. The van der Waals surface area contributed by atoms with Gasteiger partial charge in [0.05, 0.1) is 17.3 Å². The molecule has 0 unspecified atom stereocenters. The van der Waals surface area contributed by atoms with Gasteiger partial charge in [-0.2, -0.15) is 0 Å². The van der Waals surface area contributed by atoms with Crippen LogP contribution in [0.2, 0.25) is 0 Å². The van der Waals surface area contributed by atoms with Crippen molar-refractivity contribution in [2.75, 3.05) is 31.1 Å². The van der Waals surface area contributed by atoms with E-state index in [0.29, 0.717) is 30.7 Å². The first kappa shape index (κ1) is 25.8. The van der Waals surface area contributed by atoms with E-state index in [-0.39, 0.29) is 57.5 Å². The minimum atomic E-state index is -0.899. The molecule has 2 aromatic carbocycles. The van der Waals surface area contributed by atoms with Crippen LogP contribution in [-0.2, 0) is 0 Å². The molecule has 5 heterocycles. The highest BCUT2D eigenvalue weighted by molar-refractivity contribution is 6.03. The van der Waals surface area contributed by atoms with Crippen LogP contribution in [0.4, 0.5) is 19.0 Å². The molecule has 41 heavy (non-hydrogen) atoms. The van der Waals surface area contributed by atoms with Crippen molar-refractivity contribution in [1.29, 1.82) is 0 Å². The van der Waals surface area contributed by atoms with Crippen molar-refractivity contribution in [2.24, 2.45) is 0 Å². The summed E-state index contributed by atoms with van der Waals surface area (Å²) in [6.45, 7) is 4.18. The Labute approximate surface area is 235 Å². The third-order valence-corrected chi connectivity index (χ3v) is 8.89. The summed E-state index contributed by atoms with van der Waals surface area (Å²) in [5.74, 6) is 1.35. The molecule has 2 aromatic heterocycles. The zero-order chi connectivity index (χ0) is 28.5. The molecular weight excluding hydrogens is 531 g/mol. The van der Waals surface area contributed by atoms with Gasteiger partial charge < -0.3 is 14.7 Å². The van der Waals surface area contributed by atoms with Crippen LogP contribution in [0.1, 0.15) is 38.2 Å². The zero-order valence-corrected chi connectivity index (χ0v) is 22.5. The molecule has 0 amide bonds. The van der Waals surface area contributed by atoms with Crippen molar-refractivity contribution < 1.29 is 23.0 Å². The lowest BCUT2D eigenvalue weighted by molar-refractivity contribution is 0.110. The van der Waals surface area contributed by atoms with E-state index in [0.717, 1.165) is 25.8 Å². The highest BCUT2D eigenvalue weighted by Crippen LogP contribution is 2.42. The Bertz CT molecular complexity index is 1760. The van der Waals surface area contributed by atoms with Crippen molar-refractivity contribution in [3.63, 3.8) is 0 Å². The molecule has 0 bridgehead atoms. The van der Waals surface area contributed by atoms with Gasteiger partial charge in [0.25, 0.3) is 0 Å². The number of pyridine rings is 1.